The quantitative estimate of drug-likeness (QED) is 0.0264. The number of ether oxygens (including phenoxy) is 4. The largest absolute Gasteiger partial charge is 0.462 e. The zero-order valence-electron chi connectivity index (χ0n) is 41.7. The summed E-state index contributed by atoms with van der Waals surface area (Å²) >= 11 is 0. The van der Waals surface area contributed by atoms with E-state index in [2.05, 4.69) is 50.3 Å². The highest BCUT2D eigenvalue weighted by molar-refractivity contribution is 5.70. The molecule has 1 aliphatic rings. The zero-order valence-corrected chi connectivity index (χ0v) is 41.7. The number of rotatable bonds is 46. The van der Waals surface area contributed by atoms with E-state index in [-0.39, 0.29) is 26.1 Å². The summed E-state index contributed by atoms with van der Waals surface area (Å²) in [6.07, 6.45) is 47.3. The van der Waals surface area contributed by atoms with E-state index in [1.807, 2.05) is 0 Å². The minimum Gasteiger partial charge on any atom is -0.462 e. The van der Waals surface area contributed by atoms with Crippen LogP contribution in [0.5, 0.6) is 0 Å². The maximum Gasteiger partial charge on any atom is 0.306 e. The van der Waals surface area contributed by atoms with Crippen LogP contribution in [0.1, 0.15) is 245 Å². The SMILES string of the molecule is CCCCC/C=C/C/C=C/C/C=C/CCCCCCC(=O)OC[C@H](CO[C@@H]1O[C@H](CO)[C@H](O)C(O)C1O)OC(=O)CCCCCCCCCCCCCCCCCCCCCCCCC. The summed E-state index contributed by atoms with van der Waals surface area (Å²) in [6, 6.07) is 0. The smallest absolute Gasteiger partial charge is 0.306 e. The Kier molecular flexibility index (Phi) is 42.8. The van der Waals surface area contributed by atoms with E-state index in [9.17, 15) is 30.0 Å². The van der Waals surface area contributed by atoms with Gasteiger partial charge in [0.15, 0.2) is 12.4 Å². The topological polar surface area (TPSA) is 152 Å². The number of carbonyl (C=O) groups excluding carboxylic acids is 2. The van der Waals surface area contributed by atoms with Gasteiger partial charge in [-0.05, 0) is 51.4 Å². The molecule has 1 heterocycles. The lowest BCUT2D eigenvalue weighted by Gasteiger charge is -2.39. The summed E-state index contributed by atoms with van der Waals surface area (Å²) in [7, 11) is 0. The van der Waals surface area contributed by atoms with Crippen LogP contribution < -0.4 is 0 Å². The summed E-state index contributed by atoms with van der Waals surface area (Å²) in [5, 5.41) is 40.2. The minimum absolute atomic E-state index is 0.226. The van der Waals surface area contributed by atoms with Crippen LogP contribution in [0.2, 0.25) is 0 Å². The number of allylic oxidation sites excluding steroid dienone is 6. The number of hydrogen-bond acceptors (Lipinski definition) is 10. The molecule has 2 unspecified atom stereocenters. The molecule has 0 spiro atoms. The molecule has 1 fully saturated rings. The first-order valence-corrected chi connectivity index (χ1v) is 27.1. The highest BCUT2D eigenvalue weighted by atomic mass is 16.7. The Bertz CT molecular complexity index is 1160. The molecular weight excluding hydrogens is 821 g/mol. The summed E-state index contributed by atoms with van der Waals surface area (Å²) in [5.41, 5.74) is 0. The van der Waals surface area contributed by atoms with Gasteiger partial charge in [0.25, 0.3) is 0 Å². The molecule has 10 heteroatoms. The van der Waals surface area contributed by atoms with E-state index in [1.54, 1.807) is 0 Å². The van der Waals surface area contributed by atoms with Gasteiger partial charge in [-0.25, -0.2) is 0 Å². The van der Waals surface area contributed by atoms with Gasteiger partial charge in [-0.3, -0.25) is 9.59 Å². The molecule has 0 saturated carbocycles. The summed E-state index contributed by atoms with van der Waals surface area (Å²) in [4.78, 5) is 25.5. The van der Waals surface area contributed by atoms with Crippen molar-refractivity contribution >= 4 is 11.9 Å². The highest BCUT2D eigenvalue weighted by Gasteiger charge is 2.44. The molecule has 0 amide bonds. The molecule has 380 valence electrons. The van der Waals surface area contributed by atoms with Crippen molar-refractivity contribution in [2.75, 3.05) is 19.8 Å². The van der Waals surface area contributed by atoms with Crippen molar-refractivity contribution in [3.63, 3.8) is 0 Å². The second kappa shape index (κ2) is 45.7. The van der Waals surface area contributed by atoms with Crippen molar-refractivity contribution in [2.24, 2.45) is 0 Å². The first kappa shape index (κ1) is 60.9. The normalized spacial score (nSPS) is 19.5. The van der Waals surface area contributed by atoms with Crippen LogP contribution in [-0.2, 0) is 28.5 Å². The van der Waals surface area contributed by atoms with Crippen molar-refractivity contribution in [1.82, 2.24) is 0 Å². The number of aliphatic hydroxyl groups is 4. The zero-order chi connectivity index (χ0) is 47.3. The molecule has 1 saturated heterocycles. The number of carbonyl (C=O) groups is 2. The lowest BCUT2D eigenvalue weighted by atomic mass is 9.99. The van der Waals surface area contributed by atoms with Crippen molar-refractivity contribution in [3.8, 4) is 0 Å². The van der Waals surface area contributed by atoms with Crippen molar-refractivity contribution in [2.45, 2.75) is 282 Å². The van der Waals surface area contributed by atoms with E-state index < -0.39 is 55.4 Å². The molecule has 1 aliphatic heterocycles. The fraction of sp³-hybridized carbons (Fsp3) is 0.855. The van der Waals surface area contributed by atoms with Gasteiger partial charge in [-0.15, -0.1) is 0 Å². The number of hydrogen-bond donors (Lipinski definition) is 4. The first-order valence-electron chi connectivity index (χ1n) is 27.1. The number of esters is 2. The van der Waals surface area contributed by atoms with Crippen LogP contribution in [-0.4, -0.2) is 89.0 Å². The fourth-order valence-electron chi connectivity index (χ4n) is 8.26. The van der Waals surface area contributed by atoms with Crippen LogP contribution in [0.3, 0.4) is 0 Å². The number of aliphatic hydroxyl groups excluding tert-OH is 4. The molecule has 0 aromatic carbocycles. The average molecular weight is 921 g/mol. The maximum atomic E-state index is 12.9. The Labute approximate surface area is 397 Å². The van der Waals surface area contributed by atoms with Crippen molar-refractivity contribution in [3.05, 3.63) is 36.5 Å². The van der Waals surface area contributed by atoms with Gasteiger partial charge in [0, 0.05) is 12.8 Å². The molecule has 0 radical (unpaired) electrons. The molecule has 0 bridgehead atoms. The molecule has 1 rings (SSSR count). The second-order valence-corrected chi connectivity index (χ2v) is 18.7. The molecule has 0 aromatic rings. The average Bonchev–Trinajstić information content (AvgIpc) is 3.30. The van der Waals surface area contributed by atoms with Gasteiger partial charge < -0.3 is 39.4 Å². The van der Waals surface area contributed by atoms with Crippen LogP contribution in [0.15, 0.2) is 36.5 Å². The van der Waals surface area contributed by atoms with Gasteiger partial charge in [0.1, 0.15) is 31.0 Å². The Balaban J connectivity index is 2.23. The Morgan fingerprint density at radius 1 is 0.477 bits per heavy atom. The van der Waals surface area contributed by atoms with Gasteiger partial charge in [0.05, 0.1) is 13.2 Å². The molecule has 0 aromatic heterocycles. The summed E-state index contributed by atoms with van der Waals surface area (Å²) < 4.78 is 22.3. The van der Waals surface area contributed by atoms with Crippen LogP contribution in [0.25, 0.3) is 0 Å². The van der Waals surface area contributed by atoms with Crippen molar-refractivity contribution in [1.29, 1.82) is 0 Å². The molecule has 6 atom stereocenters. The second-order valence-electron chi connectivity index (χ2n) is 18.7. The third kappa shape index (κ3) is 36.6. The lowest BCUT2D eigenvalue weighted by molar-refractivity contribution is -0.305. The van der Waals surface area contributed by atoms with Gasteiger partial charge >= 0.3 is 11.9 Å². The lowest BCUT2D eigenvalue weighted by Crippen LogP contribution is -2.59. The van der Waals surface area contributed by atoms with E-state index >= 15 is 0 Å². The maximum absolute atomic E-state index is 12.9. The fourth-order valence-corrected chi connectivity index (χ4v) is 8.26. The number of unbranched alkanes of at least 4 members (excludes halogenated alkanes) is 29. The minimum atomic E-state index is -1.60. The van der Waals surface area contributed by atoms with Crippen molar-refractivity contribution < 1.29 is 49.0 Å². The summed E-state index contributed by atoms with van der Waals surface area (Å²) in [6.45, 7) is 3.41. The van der Waals surface area contributed by atoms with Gasteiger partial charge in [0.2, 0.25) is 0 Å². The van der Waals surface area contributed by atoms with E-state index in [1.165, 1.54) is 148 Å². The van der Waals surface area contributed by atoms with Gasteiger partial charge in [-0.2, -0.15) is 0 Å². The van der Waals surface area contributed by atoms with E-state index in [4.69, 9.17) is 18.9 Å². The predicted octanol–water partition coefficient (Wildman–Crippen LogP) is 13.0. The Morgan fingerprint density at radius 2 is 0.862 bits per heavy atom. The highest BCUT2D eigenvalue weighted by Crippen LogP contribution is 2.23. The Hall–Kier alpha value is -2.08. The van der Waals surface area contributed by atoms with Gasteiger partial charge in [-0.1, -0.05) is 217 Å². The predicted molar refractivity (Wildman–Crippen MR) is 266 cm³/mol. The van der Waals surface area contributed by atoms with Crippen LogP contribution >= 0.6 is 0 Å². The van der Waals surface area contributed by atoms with Crippen LogP contribution in [0.4, 0.5) is 0 Å². The van der Waals surface area contributed by atoms with E-state index in [0.717, 1.165) is 57.8 Å². The monoisotopic (exact) mass is 921 g/mol. The molecule has 0 aliphatic carbocycles. The third-order valence-corrected chi connectivity index (χ3v) is 12.5. The third-order valence-electron chi connectivity index (χ3n) is 12.5. The first-order chi connectivity index (χ1) is 31.8. The molecular formula is C55H100O10. The molecule has 10 nitrogen and oxygen atoms in total. The Morgan fingerprint density at radius 3 is 1.32 bits per heavy atom. The summed E-state index contributed by atoms with van der Waals surface area (Å²) in [5.74, 6) is -0.821. The molecule has 65 heavy (non-hydrogen) atoms. The van der Waals surface area contributed by atoms with Crippen LogP contribution in [0, 0.1) is 0 Å². The standard InChI is InChI=1S/C55H100O10/c1-3-5-7-9-11-13-15-17-19-21-22-23-24-25-26-28-30-32-34-36-38-40-42-44-51(58)64-48(47-63-55-54(61)53(60)52(59)49(45-56)65-55)46-62-50(57)43-41-39-37-35-33-31-29-27-20-18-16-14-12-10-8-6-4-2/h12,14,18,20,29,31,48-49,52-56,59-61H,3-11,13,15-17,19,21-28,30,32-47H2,1-2H3/b14-12+,20-18+,31-29+/t48-,49-,52+,53?,54?,55-/m1/s1. The molecule has 4 N–H and O–H groups in total. The van der Waals surface area contributed by atoms with E-state index in [0.29, 0.717) is 12.8 Å².